The van der Waals surface area contributed by atoms with Crippen molar-refractivity contribution in [1.29, 1.82) is 0 Å². The number of hydrogen-bond acceptors (Lipinski definition) is 5. The fourth-order valence-electron chi connectivity index (χ4n) is 2.72. The summed E-state index contributed by atoms with van der Waals surface area (Å²) < 4.78 is 28.1. The molecule has 0 aromatic heterocycles. The number of carboxylic acid groups (broad SMARTS) is 1. The molecular weight excluding hydrogens is 498 g/mol. The first-order valence-corrected chi connectivity index (χ1v) is 11.5. The van der Waals surface area contributed by atoms with Gasteiger partial charge in [-0.3, -0.25) is 9.10 Å². The molecule has 164 valence electrons. The second-order valence-corrected chi connectivity index (χ2v) is 9.30. The van der Waals surface area contributed by atoms with Crippen LogP contribution in [0.5, 0.6) is 0 Å². The first kappa shape index (κ1) is 23.2. The molecule has 3 aromatic rings. The van der Waals surface area contributed by atoms with E-state index in [1.165, 1.54) is 42.6 Å². The highest BCUT2D eigenvalue weighted by Crippen LogP contribution is 2.26. The number of nitrogens with one attached hydrogen (secondary N) is 1. The highest BCUT2D eigenvalue weighted by atomic mass is 79.9. The first-order chi connectivity index (χ1) is 15.3. The van der Waals surface area contributed by atoms with Gasteiger partial charge in [-0.15, -0.1) is 0 Å². The van der Waals surface area contributed by atoms with Gasteiger partial charge in [-0.2, -0.15) is 5.10 Å². The summed E-state index contributed by atoms with van der Waals surface area (Å²) in [7, 11) is -4.01. The normalized spacial score (nSPS) is 11.3. The summed E-state index contributed by atoms with van der Waals surface area (Å²) in [6.07, 6.45) is 1.33. The summed E-state index contributed by atoms with van der Waals surface area (Å²) >= 11 is 3.32. The average Bonchev–Trinajstić information content (AvgIpc) is 2.78. The minimum absolute atomic E-state index is 0.0507. The zero-order valence-corrected chi connectivity index (χ0v) is 19.0. The molecule has 3 rings (SSSR count). The maximum atomic E-state index is 13.2. The first-order valence-electron chi connectivity index (χ1n) is 9.26. The number of hydrogen-bond donors (Lipinski definition) is 2. The maximum Gasteiger partial charge on any atom is 0.335 e. The third-order valence-electron chi connectivity index (χ3n) is 4.28. The number of amides is 1. The van der Waals surface area contributed by atoms with Crippen LogP contribution in [-0.4, -0.2) is 38.2 Å². The maximum absolute atomic E-state index is 13.2. The molecule has 2 N–H and O–H groups in total. The van der Waals surface area contributed by atoms with Gasteiger partial charge < -0.3 is 5.11 Å². The number of aromatic carboxylic acids is 1. The fraction of sp³-hybridized carbons (Fsp3) is 0.0455. The van der Waals surface area contributed by atoms with Crippen molar-refractivity contribution < 1.29 is 23.1 Å². The number of carbonyl (C=O) groups excluding carboxylic acids is 1. The van der Waals surface area contributed by atoms with Crippen LogP contribution in [-0.2, 0) is 14.8 Å². The Balaban J connectivity index is 1.79. The van der Waals surface area contributed by atoms with E-state index in [4.69, 9.17) is 5.11 Å². The number of sulfonamides is 1. The van der Waals surface area contributed by atoms with Crippen molar-refractivity contribution >= 4 is 49.7 Å². The summed E-state index contributed by atoms with van der Waals surface area (Å²) in [5, 5.41) is 12.8. The average molecular weight is 516 g/mol. The molecule has 8 nitrogen and oxygen atoms in total. The van der Waals surface area contributed by atoms with Gasteiger partial charge in [0.2, 0.25) is 0 Å². The molecule has 0 saturated carbocycles. The van der Waals surface area contributed by atoms with E-state index in [-0.39, 0.29) is 10.5 Å². The lowest BCUT2D eigenvalue weighted by Gasteiger charge is -2.23. The van der Waals surface area contributed by atoms with E-state index in [2.05, 4.69) is 26.5 Å². The Labute approximate surface area is 193 Å². The Bertz CT molecular complexity index is 1250. The molecule has 0 saturated heterocycles. The van der Waals surface area contributed by atoms with Gasteiger partial charge in [0, 0.05) is 4.47 Å². The van der Waals surface area contributed by atoms with Crippen molar-refractivity contribution in [2.24, 2.45) is 5.10 Å². The summed E-state index contributed by atoms with van der Waals surface area (Å²) in [4.78, 5) is 23.4. The number of anilines is 1. The lowest BCUT2D eigenvalue weighted by Crippen LogP contribution is -2.39. The van der Waals surface area contributed by atoms with Crippen LogP contribution < -0.4 is 9.73 Å². The van der Waals surface area contributed by atoms with Crippen LogP contribution >= 0.6 is 15.9 Å². The molecule has 0 radical (unpaired) electrons. The largest absolute Gasteiger partial charge is 0.478 e. The summed E-state index contributed by atoms with van der Waals surface area (Å²) in [5.74, 6) is -1.70. The minimum atomic E-state index is -4.01. The molecule has 10 heteroatoms. The summed E-state index contributed by atoms with van der Waals surface area (Å²) in [6, 6.07) is 20.3. The number of nitrogens with zero attached hydrogens (tertiary/aromatic N) is 2. The van der Waals surface area contributed by atoms with Crippen LogP contribution in [0, 0.1) is 0 Å². The molecule has 3 aromatic carbocycles. The van der Waals surface area contributed by atoms with Gasteiger partial charge in [0.15, 0.2) is 0 Å². The Hall–Kier alpha value is -3.50. The SMILES string of the molecule is O=C(CN(c1cccc(Br)c1)S(=O)(=O)c1ccccc1)N/N=C\c1ccc(C(=O)O)cc1. The predicted molar refractivity (Wildman–Crippen MR) is 124 cm³/mol. The van der Waals surface area contributed by atoms with Crippen molar-refractivity contribution in [1.82, 2.24) is 5.43 Å². The molecular formula is C22H18BrN3O5S. The number of hydrazone groups is 1. The van der Waals surface area contributed by atoms with E-state index >= 15 is 0 Å². The fourth-order valence-corrected chi connectivity index (χ4v) is 4.54. The highest BCUT2D eigenvalue weighted by Gasteiger charge is 2.27. The van der Waals surface area contributed by atoms with Crippen molar-refractivity contribution in [2.75, 3.05) is 10.8 Å². The topological polar surface area (TPSA) is 116 Å². The van der Waals surface area contributed by atoms with Crippen LogP contribution in [0.2, 0.25) is 0 Å². The summed E-state index contributed by atoms with van der Waals surface area (Å²) in [5.41, 5.74) is 3.31. The molecule has 0 aliphatic carbocycles. The van der Waals surface area contributed by atoms with Crippen LogP contribution in [0.4, 0.5) is 5.69 Å². The summed E-state index contributed by atoms with van der Waals surface area (Å²) in [6.45, 7) is -0.497. The van der Waals surface area contributed by atoms with Crippen LogP contribution in [0.25, 0.3) is 0 Å². The lowest BCUT2D eigenvalue weighted by atomic mass is 10.1. The molecule has 1 amide bonds. The number of halogens is 1. The molecule has 0 fully saturated rings. The van der Waals surface area contributed by atoms with E-state index in [0.29, 0.717) is 15.7 Å². The van der Waals surface area contributed by atoms with E-state index < -0.39 is 28.4 Å². The molecule has 0 heterocycles. The second kappa shape index (κ2) is 10.2. The van der Waals surface area contributed by atoms with Crippen LogP contribution in [0.1, 0.15) is 15.9 Å². The molecule has 32 heavy (non-hydrogen) atoms. The predicted octanol–water partition coefficient (Wildman–Crippen LogP) is 3.49. The third kappa shape index (κ3) is 5.80. The van der Waals surface area contributed by atoms with E-state index in [9.17, 15) is 18.0 Å². The van der Waals surface area contributed by atoms with Crippen molar-refractivity contribution in [3.05, 3.63) is 94.5 Å². The third-order valence-corrected chi connectivity index (χ3v) is 6.56. The molecule has 0 aliphatic rings. The van der Waals surface area contributed by atoms with E-state index in [1.807, 2.05) is 0 Å². The van der Waals surface area contributed by atoms with E-state index in [1.54, 1.807) is 42.5 Å². The molecule has 0 aliphatic heterocycles. The number of carboxylic acids is 1. The Morgan fingerprint density at radius 1 is 1.00 bits per heavy atom. The number of benzene rings is 3. The van der Waals surface area contributed by atoms with Gasteiger partial charge in [-0.1, -0.05) is 52.3 Å². The van der Waals surface area contributed by atoms with Crippen molar-refractivity contribution in [2.45, 2.75) is 4.90 Å². The molecule has 0 atom stereocenters. The van der Waals surface area contributed by atoms with Crippen LogP contribution in [0.15, 0.2) is 93.3 Å². The smallest absolute Gasteiger partial charge is 0.335 e. The minimum Gasteiger partial charge on any atom is -0.478 e. The van der Waals surface area contributed by atoms with Gasteiger partial charge in [0.1, 0.15) is 6.54 Å². The van der Waals surface area contributed by atoms with Gasteiger partial charge >= 0.3 is 5.97 Å². The Morgan fingerprint density at radius 3 is 2.31 bits per heavy atom. The standard InChI is InChI=1S/C22H18BrN3O5S/c23-18-5-4-6-19(13-18)26(32(30,31)20-7-2-1-3-8-20)15-21(27)25-24-14-16-9-11-17(12-10-16)22(28)29/h1-14H,15H2,(H,25,27)(H,28,29)/b24-14-. The molecule has 0 spiro atoms. The van der Waals surface area contributed by atoms with Gasteiger partial charge in [0.25, 0.3) is 15.9 Å². The van der Waals surface area contributed by atoms with Crippen molar-refractivity contribution in [3.8, 4) is 0 Å². The quantitative estimate of drug-likeness (QED) is 0.351. The number of rotatable bonds is 8. The molecule has 0 bridgehead atoms. The highest BCUT2D eigenvalue weighted by molar-refractivity contribution is 9.10. The van der Waals surface area contributed by atoms with Crippen LogP contribution in [0.3, 0.4) is 0 Å². The van der Waals surface area contributed by atoms with Gasteiger partial charge in [-0.25, -0.2) is 18.6 Å². The van der Waals surface area contributed by atoms with E-state index in [0.717, 1.165) is 4.31 Å². The second-order valence-electron chi connectivity index (χ2n) is 6.52. The van der Waals surface area contributed by atoms with Crippen molar-refractivity contribution in [3.63, 3.8) is 0 Å². The van der Waals surface area contributed by atoms with Gasteiger partial charge in [0.05, 0.1) is 22.4 Å². The lowest BCUT2D eigenvalue weighted by molar-refractivity contribution is -0.119. The Morgan fingerprint density at radius 2 is 1.69 bits per heavy atom. The van der Waals surface area contributed by atoms with Gasteiger partial charge in [-0.05, 0) is 48.0 Å². The zero-order valence-electron chi connectivity index (χ0n) is 16.6. The number of carbonyl (C=O) groups is 2. The Kier molecular flexibility index (Phi) is 7.39. The molecule has 0 unspecified atom stereocenters. The zero-order chi connectivity index (χ0) is 23.1. The monoisotopic (exact) mass is 515 g/mol.